The first-order valence-electron chi connectivity index (χ1n) is 9.73. The van der Waals surface area contributed by atoms with Gasteiger partial charge in [-0.3, -0.25) is 0 Å². The van der Waals surface area contributed by atoms with E-state index < -0.39 is 0 Å². The highest BCUT2D eigenvalue weighted by molar-refractivity contribution is 14.0. The second-order valence-electron chi connectivity index (χ2n) is 6.44. The Bertz CT molecular complexity index is 963. The van der Waals surface area contributed by atoms with Crippen LogP contribution in [-0.2, 0) is 6.54 Å². The molecule has 0 aliphatic heterocycles. The Balaban J connectivity index is 0.00000341. The lowest BCUT2D eigenvalue weighted by Gasteiger charge is -2.10. The number of benzene rings is 2. The summed E-state index contributed by atoms with van der Waals surface area (Å²) < 4.78 is 16.7. The van der Waals surface area contributed by atoms with Gasteiger partial charge in [0.2, 0.25) is 5.88 Å². The first-order valence-corrected chi connectivity index (χ1v) is 9.73. The van der Waals surface area contributed by atoms with Crippen LogP contribution in [0.3, 0.4) is 0 Å². The van der Waals surface area contributed by atoms with Gasteiger partial charge >= 0.3 is 0 Å². The number of methoxy groups -OCH3 is 1. The molecule has 2 aromatic carbocycles. The van der Waals surface area contributed by atoms with Gasteiger partial charge in [0.25, 0.3) is 0 Å². The van der Waals surface area contributed by atoms with E-state index in [1.165, 1.54) is 0 Å². The summed E-state index contributed by atoms with van der Waals surface area (Å²) in [6.45, 7) is 3.09. The molecule has 3 N–H and O–H groups in total. The monoisotopic (exact) mass is 534 g/mol. The Hall–Kier alpha value is -3.01. The molecule has 3 rings (SSSR count). The zero-order valence-electron chi connectivity index (χ0n) is 17.6. The fourth-order valence-corrected chi connectivity index (χ4v) is 2.60. The van der Waals surface area contributed by atoms with E-state index in [1.807, 2.05) is 60.7 Å². The van der Waals surface area contributed by atoms with Crippen LogP contribution in [0.5, 0.6) is 23.1 Å². The van der Waals surface area contributed by atoms with Gasteiger partial charge in [0.15, 0.2) is 5.96 Å². The fourth-order valence-electron chi connectivity index (χ4n) is 2.60. The maximum absolute atomic E-state index is 6.02. The number of nitrogens with two attached hydrogens (primary N) is 1. The number of anilines is 1. The summed E-state index contributed by atoms with van der Waals surface area (Å²) >= 11 is 0. The molecular weight excluding hydrogens is 507 g/mol. The lowest BCUT2D eigenvalue weighted by atomic mass is 10.2. The average Bonchev–Trinajstić information content (AvgIpc) is 2.78. The second kappa shape index (κ2) is 12.6. The molecule has 0 saturated heterocycles. The molecule has 0 radical (unpaired) electrons. The van der Waals surface area contributed by atoms with Crippen molar-refractivity contribution in [2.24, 2.45) is 10.7 Å². The number of aliphatic imine (C=N–C) groups is 1. The number of pyridine rings is 1. The maximum atomic E-state index is 6.02. The smallest absolute Gasteiger partial charge is 0.224 e. The van der Waals surface area contributed by atoms with Gasteiger partial charge in [0.1, 0.15) is 17.2 Å². The SMILES string of the molecule is CCCOc1ccc(Oc2ncccc2CN=C(N)Nc2ccc(OC)cc2)cc1.I. The Morgan fingerprint density at radius 2 is 1.68 bits per heavy atom. The summed E-state index contributed by atoms with van der Waals surface area (Å²) in [5, 5.41) is 3.05. The van der Waals surface area contributed by atoms with Gasteiger partial charge in [-0.05, 0) is 61.0 Å². The van der Waals surface area contributed by atoms with Crippen molar-refractivity contribution >= 4 is 35.6 Å². The molecule has 7 nitrogen and oxygen atoms in total. The molecule has 0 saturated carbocycles. The summed E-state index contributed by atoms with van der Waals surface area (Å²) in [7, 11) is 1.63. The number of ether oxygens (including phenoxy) is 3. The van der Waals surface area contributed by atoms with Crippen molar-refractivity contribution in [1.29, 1.82) is 0 Å². The normalized spacial score (nSPS) is 10.7. The molecule has 1 aromatic heterocycles. The first-order chi connectivity index (χ1) is 14.7. The Morgan fingerprint density at radius 1 is 1.00 bits per heavy atom. The fraction of sp³-hybridized carbons (Fsp3) is 0.217. The summed E-state index contributed by atoms with van der Waals surface area (Å²) in [6, 6.07) is 18.6. The number of nitrogens with zero attached hydrogens (tertiary/aromatic N) is 2. The third-order valence-corrected chi connectivity index (χ3v) is 4.14. The minimum Gasteiger partial charge on any atom is -0.497 e. The van der Waals surface area contributed by atoms with E-state index in [4.69, 9.17) is 19.9 Å². The quantitative estimate of drug-likeness (QED) is 0.222. The number of aromatic nitrogens is 1. The van der Waals surface area contributed by atoms with Gasteiger partial charge in [-0.1, -0.05) is 13.0 Å². The van der Waals surface area contributed by atoms with Gasteiger partial charge in [0.05, 0.1) is 20.3 Å². The van der Waals surface area contributed by atoms with Gasteiger partial charge in [0, 0.05) is 17.4 Å². The molecule has 0 bridgehead atoms. The topological polar surface area (TPSA) is 91.0 Å². The highest BCUT2D eigenvalue weighted by atomic mass is 127. The molecule has 164 valence electrons. The standard InChI is InChI=1S/C23H26N4O3.HI/c1-3-15-29-20-10-12-21(13-11-20)30-22-17(5-4-14-25-22)16-26-23(24)27-18-6-8-19(28-2)9-7-18;/h4-14H,3,15-16H2,1-2H3,(H3,24,26,27);1H. The van der Waals surface area contributed by atoms with Crippen LogP contribution >= 0.6 is 24.0 Å². The highest BCUT2D eigenvalue weighted by Gasteiger charge is 2.07. The Morgan fingerprint density at radius 3 is 2.35 bits per heavy atom. The van der Waals surface area contributed by atoms with Crippen molar-refractivity contribution in [2.45, 2.75) is 19.9 Å². The Labute approximate surface area is 199 Å². The zero-order valence-corrected chi connectivity index (χ0v) is 19.9. The molecule has 0 fully saturated rings. The van der Waals surface area contributed by atoms with Crippen molar-refractivity contribution in [2.75, 3.05) is 19.0 Å². The van der Waals surface area contributed by atoms with Crippen LogP contribution in [0.1, 0.15) is 18.9 Å². The molecule has 0 atom stereocenters. The van der Waals surface area contributed by atoms with Crippen molar-refractivity contribution < 1.29 is 14.2 Å². The molecule has 3 aromatic rings. The number of hydrogen-bond acceptors (Lipinski definition) is 5. The van der Waals surface area contributed by atoms with Crippen molar-refractivity contribution in [3.8, 4) is 23.1 Å². The lowest BCUT2D eigenvalue weighted by molar-refractivity contribution is 0.317. The molecule has 0 spiro atoms. The summed E-state index contributed by atoms with van der Waals surface area (Å²) in [6.07, 6.45) is 2.65. The number of halogens is 1. The molecule has 0 aliphatic rings. The minimum absolute atomic E-state index is 0. The molecule has 0 amide bonds. The molecule has 8 heteroatoms. The highest BCUT2D eigenvalue weighted by Crippen LogP contribution is 2.25. The zero-order chi connectivity index (χ0) is 21.2. The van der Waals surface area contributed by atoms with E-state index in [-0.39, 0.29) is 24.0 Å². The van der Waals surface area contributed by atoms with Crippen LogP contribution in [0.4, 0.5) is 5.69 Å². The number of nitrogens with one attached hydrogen (secondary N) is 1. The van der Waals surface area contributed by atoms with Crippen LogP contribution < -0.4 is 25.3 Å². The Kier molecular flexibility index (Phi) is 9.89. The molecule has 0 aliphatic carbocycles. The van der Waals surface area contributed by atoms with E-state index in [2.05, 4.69) is 22.2 Å². The van der Waals surface area contributed by atoms with Gasteiger partial charge in [-0.2, -0.15) is 0 Å². The number of guanidine groups is 1. The molecule has 31 heavy (non-hydrogen) atoms. The first kappa shape index (κ1) is 24.3. The van der Waals surface area contributed by atoms with Gasteiger partial charge in [-0.25, -0.2) is 9.98 Å². The van der Waals surface area contributed by atoms with E-state index in [1.54, 1.807) is 13.3 Å². The predicted octanol–water partition coefficient (Wildman–Crippen LogP) is 5.22. The third kappa shape index (κ3) is 7.63. The lowest BCUT2D eigenvalue weighted by Crippen LogP contribution is -2.22. The molecular formula is C23H27IN4O3. The average molecular weight is 534 g/mol. The summed E-state index contributed by atoms with van der Waals surface area (Å²) in [5.41, 5.74) is 7.66. The van der Waals surface area contributed by atoms with Crippen molar-refractivity contribution in [3.05, 3.63) is 72.4 Å². The van der Waals surface area contributed by atoms with Gasteiger partial charge < -0.3 is 25.3 Å². The van der Waals surface area contributed by atoms with Crippen LogP contribution in [0.15, 0.2) is 71.9 Å². The summed E-state index contributed by atoms with van der Waals surface area (Å²) in [5.74, 6) is 3.05. The molecule has 1 heterocycles. The van der Waals surface area contributed by atoms with Gasteiger partial charge in [-0.15, -0.1) is 24.0 Å². The van der Waals surface area contributed by atoms with Crippen LogP contribution in [0.2, 0.25) is 0 Å². The van der Waals surface area contributed by atoms with Crippen LogP contribution in [0, 0.1) is 0 Å². The predicted molar refractivity (Wildman–Crippen MR) is 134 cm³/mol. The van der Waals surface area contributed by atoms with E-state index in [9.17, 15) is 0 Å². The largest absolute Gasteiger partial charge is 0.497 e. The number of hydrogen-bond donors (Lipinski definition) is 2. The maximum Gasteiger partial charge on any atom is 0.224 e. The van der Waals surface area contributed by atoms with E-state index in [0.717, 1.165) is 29.2 Å². The minimum atomic E-state index is 0. The van der Waals surface area contributed by atoms with Crippen molar-refractivity contribution in [1.82, 2.24) is 4.98 Å². The van der Waals surface area contributed by atoms with E-state index >= 15 is 0 Å². The second-order valence-corrected chi connectivity index (χ2v) is 6.44. The number of rotatable bonds is 9. The third-order valence-electron chi connectivity index (χ3n) is 4.14. The van der Waals surface area contributed by atoms with Crippen LogP contribution in [-0.4, -0.2) is 24.7 Å². The van der Waals surface area contributed by atoms with E-state index in [0.29, 0.717) is 30.7 Å². The summed E-state index contributed by atoms with van der Waals surface area (Å²) in [4.78, 5) is 8.72. The molecule has 0 unspecified atom stereocenters. The van der Waals surface area contributed by atoms with Crippen molar-refractivity contribution in [3.63, 3.8) is 0 Å². The van der Waals surface area contributed by atoms with Crippen LogP contribution in [0.25, 0.3) is 0 Å².